The maximum Gasteiger partial charge on any atom is 0.439 e. The first-order chi connectivity index (χ1) is 6.31. The fraction of sp³-hybridized carbons (Fsp3) is 0. The minimum atomic E-state index is -5.97. The van der Waals surface area contributed by atoms with Crippen molar-refractivity contribution < 1.29 is 48.8 Å². The Kier molecular flexibility index (Phi) is 2.89. The third-order valence-corrected chi connectivity index (χ3v) is 2.28. The van der Waals surface area contributed by atoms with Gasteiger partial charge in [0.1, 0.15) is 0 Å². The van der Waals surface area contributed by atoms with Crippen LogP contribution in [0, 0.1) is 0 Å². The lowest BCUT2D eigenvalue weighted by Crippen LogP contribution is -4.25. The zero-order valence-corrected chi connectivity index (χ0v) is 8.66. The van der Waals surface area contributed by atoms with Gasteiger partial charge >= 0.3 is 25.8 Å². The molecule has 0 bridgehead atoms. The smallest absolute Gasteiger partial charge is 0.439 e. The highest BCUT2D eigenvalue weighted by molar-refractivity contribution is 5.56. The van der Waals surface area contributed by atoms with Gasteiger partial charge in [0.25, 0.3) is 0 Å². The summed E-state index contributed by atoms with van der Waals surface area (Å²) in [5.41, 5.74) is 0. The second kappa shape index (κ2) is 3.65. The molecule has 0 aliphatic heterocycles. The Labute approximate surface area is 84.2 Å². The molecule has 78 valence electrons. The minimum Gasteiger partial charge on any atom is -0.504 e. The van der Waals surface area contributed by atoms with Crippen molar-refractivity contribution in [2.75, 3.05) is 0 Å². The van der Waals surface area contributed by atoms with Crippen LogP contribution in [0.2, 0.25) is 0 Å². The molecule has 7 nitrogen and oxygen atoms in total. The van der Waals surface area contributed by atoms with Crippen molar-refractivity contribution in [3.05, 3.63) is 12.1 Å². The second-order valence-corrected chi connectivity index (χ2v) is 4.83. The minimum absolute atomic E-state index is 0.658. The standard InChI is InChI=1S/C6H5IO7/c8-3-1-2-4(6(10)5(3)9)14-7(11,12)13/h1-2,8-10H. The van der Waals surface area contributed by atoms with E-state index in [0.717, 1.165) is 12.1 Å². The lowest BCUT2D eigenvalue weighted by molar-refractivity contribution is -1.91. The molecule has 0 aliphatic rings. The quantitative estimate of drug-likeness (QED) is 0.365. The Morgan fingerprint density at radius 3 is 2.07 bits per heavy atom. The lowest BCUT2D eigenvalue weighted by atomic mass is 10.3. The van der Waals surface area contributed by atoms with E-state index < -0.39 is 43.1 Å². The predicted molar refractivity (Wildman–Crippen MR) is 32.1 cm³/mol. The Hall–Kier alpha value is -0.970. The van der Waals surface area contributed by atoms with Crippen LogP contribution >= 0.6 is 0 Å². The van der Waals surface area contributed by atoms with E-state index in [1.54, 1.807) is 0 Å². The van der Waals surface area contributed by atoms with E-state index in [-0.39, 0.29) is 0 Å². The van der Waals surface area contributed by atoms with Crippen molar-refractivity contribution in [2.45, 2.75) is 0 Å². The molecule has 3 N–H and O–H groups in total. The average molecular weight is 316 g/mol. The third kappa shape index (κ3) is 2.51. The summed E-state index contributed by atoms with van der Waals surface area (Å²) in [6, 6.07) is 1.72. The molecular formula is C6H5IO7. The molecule has 0 aliphatic carbocycles. The molecule has 0 fully saturated rings. The van der Waals surface area contributed by atoms with Gasteiger partial charge in [-0.2, -0.15) is 0 Å². The number of hydrogen-bond acceptors (Lipinski definition) is 7. The van der Waals surface area contributed by atoms with E-state index in [1.165, 1.54) is 0 Å². The summed E-state index contributed by atoms with van der Waals surface area (Å²) < 4.78 is 34.5. The number of hydrogen-bond donors (Lipinski definition) is 3. The summed E-state index contributed by atoms with van der Waals surface area (Å²) in [6.45, 7) is 0. The summed E-state index contributed by atoms with van der Waals surface area (Å²) >= 11 is -5.97. The molecule has 1 rings (SSSR count). The van der Waals surface area contributed by atoms with Gasteiger partial charge < -0.3 is 15.3 Å². The maximum absolute atomic E-state index is 10.2. The number of aromatic hydroxyl groups is 3. The molecule has 0 aromatic heterocycles. The molecular weight excluding hydrogens is 311 g/mol. The van der Waals surface area contributed by atoms with Crippen LogP contribution in [0.25, 0.3) is 0 Å². The van der Waals surface area contributed by atoms with Gasteiger partial charge in [-0.15, -0.1) is 0 Å². The molecule has 0 radical (unpaired) electrons. The van der Waals surface area contributed by atoms with Crippen LogP contribution in [-0.2, 0) is 0 Å². The number of phenolic OH excluding ortho intramolecular Hbond substituents is 3. The Morgan fingerprint density at radius 2 is 1.57 bits per heavy atom. The van der Waals surface area contributed by atoms with Crippen LogP contribution < -0.4 is 33.5 Å². The van der Waals surface area contributed by atoms with E-state index in [9.17, 15) is 10.3 Å². The Morgan fingerprint density at radius 1 is 1.00 bits per heavy atom. The van der Waals surface area contributed by atoms with E-state index in [4.69, 9.17) is 15.3 Å². The van der Waals surface area contributed by atoms with E-state index in [0.29, 0.717) is 0 Å². The average Bonchev–Trinajstić information content (AvgIpc) is 2.04. The second-order valence-electron chi connectivity index (χ2n) is 2.24. The first kappa shape index (κ1) is 11.1. The molecule has 0 amide bonds. The zero-order chi connectivity index (χ0) is 10.9. The zero-order valence-electron chi connectivity index (χ0n) is 6.51. The number of phenols is 3. The van der Waals surface area contributed by atoms with Crippen LogP contribution in [0.1, 0.15) is 0 Å². The molecule has 8 heteroatoms. The van der Waals surface area contributed by atoms with Crippen LogP contribution in [0.15, 0.2) is 12.1 Å². The first-order valence-corrected chi connectivity index (χ1v) is 6.68. The SMILES string of the molecule is [O-][I+3]([O-])([O-])Oc1ccc(O)c(O)c1O. The molecule has 0 unspecified atom stereocenters. The van der Waals surface area contributed by atoms with Gasteiger partial charge in [0.15, 0.2) is 5.75 Å². The normalized spacial score (nSPS) is 11.4. The maximum atomic E-state index is 10.2. The van der Waals surface area contributed by atoms with Crippen LogP contribution in [0.4, 0.5) is 0 Å². The van der Waals surface area contributed by atoms with Gasteiger partial charge in [-0.25, -0.2) is 10.3 Å². The molecule has 0 heterocycles. The van der Waals surface area contributed by atoms with Gasteiger partial charge in [-0.05, 0) is 6.07 Å². The van der Waals surface area contributed by atoms with Crippen LogP contribution in [0.5, 0.6) is 23.0 Å². The summed E-state index contributed by atoms with van der Waals surface area (Å²) in [5.74, 6) is -3.32. The van der Waals surface area contributed by atoms with Crippen molar-refractivity contribution >= 4 is 0 Å². The highest BCUT2D eigenvalue weighted by Gasteiger charge is 2.31. The van der Waals surface area contributed by atoms with Crippen LogP contribution in [0.3, 0.4) is 0 Å². The number of halogens is 1. The Balaban J connectivity index is 3.06. The Bertz CT molecular complexity index is 345. The molecule has 0 saturated carbocycles. The summed E-state index contributed by atoms with van der Waals surface area (Å²) in [6.07, 6.45) is 0. The highest BCUT2D eigenvalue weighted by atomic mass is 127. The predicted octanol–water partition coefficient (Wildman–Crippen LogP) is -5.92. The summed E-state index contributed by atoms with van der Waals surface area (Å²) in [7, 11) is 0. The first-order valence-electron chi connectivity index (χ1n) is 3.15. The van der Waals surface area contributed by atoms with Gasteiger partial charge in [0.2, 0.25) is 11.5 Å². The lowest BCUT2D eigenvalue weighted by Gasteiger charge is -2.07. The van der Waals surface area contributed by atoms with E-state index >= 15 is 0 Å². The van der Waals surface area contributed by atoms with E-state index in [2.05, 4.69) is 3.07 Å². The molecule has 1 aromatic carbocycles. The van der Waals surface area contributed by atoms with Crippen molar-refractivity contribution in [3.8, 4) is 23.0 Å². The van der Waals surface area contributed by atoms with Gasteiger partial charge in [0.05, 0.1) is 0 Å². The summed E-state index contributed by atoms with van der Waals surface area (Å²) in [5, 5.41) is 26.8. The number of benzene rings is 1. The summed E-state index contributed by atoms with van der Waals surface area (Å²) in [4.78, 5) is 0. The fourth-order valence-electron chi connectivity index (χ4n) is 0.715. The number of rotatable bonds is 2. The van der Waals surface area contributed by atoms with Crippen molar-refractivity contribution in [3.63, 3.8) is 0 Å². The molecule has 14 heavy (non-hydrogen) atoms. The van der Waals surface area contributed by atoms with E-state index in [1.807, 2.05) is 0 Å². The largest absolute Gasteiger partial charge is 0.504 e. The third-order valence-electron chi connectivity index (χ3n) is 1.27. The van der Waals surface area contributed by atoms with Crippen molar-refractivity contribution in [1.82, 2.24) is 0 Å². The van der Waals surface area contributed by atoms with Crippen molar-refractivity contribution in [1.29, 1.82) is 0 Å². The molecule has 0 atom stereocenters. The monoisotopic (exact) mass is 316 g/mol. The van der Waals surface area contributed by atoms with Crippen molar-refractivity contribution in [2.24, 2.45) is 0 Å². The fourth-order valence-corrected chi connectivity index (χ4v) is 1.65. The molecule has 1 aromatic rings. The van der Waals surface area contributed by atoms with Crippen LogP contribution in [-0.4, -0.2) is 15.3 Å². The van der Waals surface area contributed by atoms with Gasteiger partial charge in [0, 0.05) is 6.07 Å². The highest BCUT2D eigenvalue weighted by Crippen LogP contribution is 2.40. The molecule has 0 spiro atoms. The van der Waals surface area contributed by atoms with Gasteiger partial charge in [-0.3, -0.25) is 0 Å². The topological polar surface area (TPSA) is 139 Å². The molecule has 0 saturated heterocycles. The van der Waals surface area contributed by atoms with Gasteiger partial charge in [-0.1, -0.05) is 3.07 Å².